The van der Waals surface area contributed by atoms with Crippen molar-refractivity contribution in [2.45, 2.75) is 58.5 Å². The van der Waals surface area contributed by atoms with E-state index in [9.17, 15) is 0 Å². The summed E-state index contributed by atoms with van der Waals surface area (Å²) in [6.45, 7) is 6.23. The lowest BCUT2D eigenvalue weighted by Gasteiger charge is -2.29. The Hall–Kier alpha value is -0.820. The molecule has 0 amide bonds. The second-order valence-electron chi connectivity index (χ2n) is 6.27. The molecular weight excluding hydrogens is 220 g/mol. The van der Waals surface area contributed by atoms with Crippen molar-refractivity contribution in [1.29, 1.82) is 0 Å². The molecule has 1 heterocycles. The average Bonchev–Trinajstić information content (AvgIpc) is 3.00. The first-order chi connectivity index (χ1) is 8.96. The van der Waals surface area contributed by atoms with E-state index in [1.807, 2.05) is 0 Å². The summed E-state index contributed by atoms with van der Waals surface area (Å²) in [5.74, 6) is 0. The summed E-state index contributed by atoms with van der Waals surface area (Å²) in [4.78, 5) is 0. The van der Waals surface area contributed by atoms with Crippen molar-refractivity contribution in [2.24, 2.45) is 5.41 Å². The Morgan fingerprint density at radius 3 is 2.50 bits per heavy atom. The highest BCUT2D eigenvalue weighted by atomic mass is 16.6. The summed E-state index contributed by atoms with van der Waals surface area (Å²) in [5, 5.41) is 0. The predicted molar refractivity (Wildman–Crippen MR) is 76.8 cm³/mol. The van der Waals surface area contributed by atoms with E-state index >= 15 is 0 Å². The Bertz CT molecular complexity index is 401. The van der Waals surface area contributed by atoms with E-state index in [0.717, 1.165) is 6.42 Å². The van der Waals surface area contributed by atoms with Crippen LogP contribution in [-0.4, -0.2) is 12.2 Å². The summed E-state index contributed by atoms with van der Waals surface area (Å²) in [6, 6.07) is 10.7. The van der Waals surface area contributed by atoms with E-state index in [0.29, 0.717) is 0 Å². The molecule has 18 heavy (non-hydrogen) atoms. The van der Waals surface area contributed by atoms with Gasteiger partial charge in [0.05, 0.1) is 13.6 Å². The van der Waals surface area contributed by atoms with Gasteiger partial charge in [-0.2, -0.15) is 0 Å². The number of epoxide rings is 1. The lowest BCUT2D eigenvalue weighted by atomic mass is 9.76. The van der Waals surface area contributed by atoms with Gasteiger partial charge in [0, 0.05) is 0 Å². The Morgan fingerprint density at radius 1 is 1.22 bits per heavy atom. The van der Waals surface area contributed by atoms with E-state index in [2.05, 4.69) is 51.1 Å². The zero-order valence-electron chi connectivity index (χ0n) is 12.9. The third-order valence-electron chi connectivity index (χ3n) is 4.43. The lowest BCUT2D eigenvalue weighted by Crippen LogP contribution is -2.29. The van der Waals surface area contributed by atoms with E-state index in [4.69, 9.17) is 6.11 Å². The van der Waals surface area contributed by atoms with E-state index in [-0.39, 0.29) is 17.6 Å². The van der Waals surface area contributed by atoms with Crippen LogP contribution in [0.4, 0.5) is 0 Å². The quantitative estimate of drug-likeness (QED) is 0.506. The molecule has 1 saturated heterocycles. The molecule has 0 saturated carbocycles. The molecule has 0 radical (unpaired) electrons. The second kappa shape index (κ2) is 5.44. The van der Waals surface area contributed by atoms with Crippen LogP contribution in [0.25, 0.3) is 0 Å². The van der Waals surface area contributed by atoms with Crippen molar-refractivity contribution in [2.75, 3.05) is 6.58 Å². The number of unbranched alkanes of at least 4 members (excludes halogenated alkanes) is 2. The summed E-state index contributed by atoms with van der Waals surface area (Å²) in [6.07, 6.45) is 6.06. The van der Waals surface area contributed by atoms with Gasteiger partial charge in [-0.3, -0.25) is 0 Å². The maximum Gasteiger partial charge on any atom is 0.0939 e. The van der Waals surface area contributed by atoms with Gasteiger partial charge in [0.15, 0.2) is 0 Å². The van der Waals surface area contributed by atoms with Crippen LogP contribution < -0.4 is 0 Å². The molecule has 1 aromatic carbocycles. The van der Waals surface area contributed by atoms with Crippen LogP contribution in [0, 0.1) is 5.41 Å². The molecule has 1 aliphatic rings. The highest BCUT2D eigenvalue weighted by Gasteiger charge is 2.51. The Balaban J connectivity index is 1.65. The molecule has 0 unspecified atom stereocenters. The lowest BCUT2D eigenvalue weighted by molar-refractivity contribution is 0.139. The number of rotatable bonds is 7. The smallest absolute Gasteiger partial charge is 0.0939 e. The molecule has 2 atom stereocenters. The molecule has 1 aliphatic heterocycles. The van der Waals surface area contributed by atoms with Crippen LogP contribution >= 0.6 is 0 Å². The fourth-order valence-electron chi connectivity index (χ4n) is 2.37. The summed E-state index contributed by atoms with van der Waals surface area (Å²) in [7, 11) is 0. The molecule has 0 aliphatic carbocycles. The number of hydrogen-bond acceptors (Lipinski definition) is 1. The minimum atomic E-state index is -0.313. The van der Waals surface area contributed by atoms with Crippen molar-refractivity contribution in [3.05, 3.63) is 35.9 Å². The first-order valence-electron chi connectivity index (χ1n) is 7.67. The topological polar surface area (TPSA) is 12.5 Å². The van der Waals surface area contributed by atoms with Crippen LogP contribution in [0.5, 0.6) is 0 Å². The largest absolute Gasteiger partial charge is 0.369 e. The third-order valence-corrected chi connectivity index (χ3v) is 4.43. The van der Waals surface area contributed by atoms with Crippen LogP contribution in [-0.2, 0) is 11.2 Å². The first-order valence-corrected chi connectivity index (χ1v) is 7.10. The van der Waals surface area contributed by atoms with Gasteiger partial charge in [0.2, 0.25) is 0 Å². The molecule has 1 nitrogen and oxygen atoms in total. The van der Waals surface area contributed by atoms with Gasteiger partial charge in [-0.25, -0.2) is 0 Å². The minimum absolute atomic E-state index is 0.117. The van der Waals surface area contributed by atoms with Crippen LogP contribution in [0.3, 0.4) is 0 Å². The van der Waals surface area contributed by atoms with Gasteiger partial charge < -0.3 is 4.74 Å². The van der Waals surface area contributed by atoms with Crippen molar-refractivity contribution in [1.82, 2.24) is 0 Å². The fourth-order valence-corrected chi connectivity index (χ4v) is 2.37. The third kappa shape index (κ3) is 3.35. The molecule has 2 rings (SSSR count). The molecule has 0 aromatic heterocycles. The van der Waals surface area contributed by atoms with Crippen LogP contribution in [0.1, 0.15) is 53.4 Å². The van der Waals surface area contributed by atoms with Gasteiger partial charge in [0.1, 0.15) is 0 Å². The van der Waals surface area contributed by atoms with E-state index < -0.39 is 0 Å². The zero-order valence-corrected chi connectivity index (χ0v) is 11.9. The molecule has 1 aromatic rings. The summed E-state index contributed by atoms with van der Waals surface area (Å²) < 4.78 is 13.2. The van der Waals surface area contributed by atoms with Gasteiger partial charge in [-0.05, 0) is 37.2 Å². The molecule has 100 valence electrons. The number of hydrogen-bond donors (Lipinski definition) is 0. The van der Waals surface area contributed by atoms with Crippen molar-refractivity contribution in [3.63, 3.8) is 0 Å². The number of ether oxygens (including phenoxy) is 1. The maximum atomic E-state index is 7.71. The first kappa shape index (κ1) is 12.2. The molecule has 0 spiro atoms. The second-order valence-corrected chi connectivity index (χ2v) is 6.27. The van der Waals surface area contributed by atoms with Crippen LogP contribution in [0.15, 0.2) is 30.3 Å². The Morgan fingerprint density at radius 2 is 1.89 bits per heavy atom. The van der Waals surface area contributed by atoms with E-state index in [1.165, 1.54) is 31.2 Å². The summed E-state index contributed by atoms with van der Waals surface area (Å²) >= 11 is 0. The number of benzene rings is 1. The standard InChI is InChI=1S/C17H26O/c1-16(2,17(3)14-18-17)13-9-5-8-12-15-10-6-4-7-11-15/h4,6-7,10-11H,5,8-9,12-14H2,1-3H3/t17-/m1/s1/i14D/t14-,17+/m0. The monoisotopic (exact) mass is 247 g/mol. The number of aryl methyl sites for hydroxylation is 1. The normalized spacial score (nSPS) is 27.9. The van der Waals surface area contributed by atoms with Crippen LogP contribution in [0.2, 0.25) is 0 Å². The highest BCUT2D eigenvalue weighted by Crippen LogP contribution is 2.47. The molecule has 0 N–H and O–H groups in total. The SMILES string of the molecule is [2H][C@@H]1O[C@@]1(C)C(C)(C)CCCCCc1ccccc1. The fraction of sp³-hybridized carbons (Fsp3) is 0.647. The Labute approximate surface area is 113 Å². The van der Waals surface area contributed by atoms with Crippen molar-refractivity contribution >= 4 is 0 Å². The molecule has 0 bridgehead atoms. The molecular formula is C17H26O. The maximum absolute atomic E-state index is 7.71. The average molecular weight is 247 g/mol. The Kier molecular flexibility index (Phi) is 3.69. The highest BCUT2D eigenvalue weighted by molar-refractivity contribution is 5.14. The van der Waals surface area contributed by atoms with Gasteiger partial charge in [0.25, 0.3) is 0 Å². The zero-order chi connectivity index (χ0) is 13.9. The summed E-state index contributed by atoms with van der Waals surface area (Å²) in [5.41, 5.74) is 1.34. The van der Waals surface area contributed by atoms with Gasteiger partial charge in [-0.15, -0.1) is 0 Å². The van der Waals surface area contributed by atoms with Crippen molar-refractivity contribution in [3.8, 4) is 0 Å². The van der Waals surface area contributed by atoms with Crippen molar-refractivity contribution < 1.29 is 6.11 Å². The molecule has 1 heteroatoms. The van der Waals surface area contributed by atoms with Gasteiger partial charge >= 0.3 is 0 Å². The molecule has 1 fully saturated rings. The predicted octanol–water partition coefficient (Wildman–Crippen LogP) is 4.60. The van der Waals surface area contributed by atoms with E-state index in [1.54, 1.807) is 0 Å². The minimum Gasteiger partial charge on any atom is -0.369 e. The van der Waals surface area contributed by atoms with Gasteiger partial charge in [-0.1, -0.05) is 57.0 Å².